The highest BCUT2D eigenvalue weighted by Gasteiger charge is 2.15. The first kappa shape index (κ1) is 17.3. The van der Waals surface area contributed by atoms with Crippen molar-refractivity contribution in [1.29, 1.82) is 0 Å². The number of hydrogen-bond donors (Lipinski definition) is 1. The Morgan fingerprint density at radius 2 is 2.09 bits per heavy atom. The van der Waals surface area contributed by atoms with Crippen LogP contribution in [0.25, 0.3) is 5.69 Å². The van der Waals surface area contributed by atoms with Gasteiger partial charge in [-0.25, -0.2) is 0 Å². The van der Waals surface area contributed by atoms with Gasteiger partial charge in [0.05, 0.1) is 12.3 Å². The van der Waals surface area contributed by atoms with Gasteiger partial charge in [0.15, 0.2) is 10.4 Å². The van der Waals surface area contributed by atoms with Gasteiger partial charge >= 0.3 is 0 Å². The molecule has 1 N–H and O–H groups in total. The van der Waals surface area contributed by atoms with Crippen molar-refractivity contribution in [3.05, 3.63) is 39.7 Å². The molecule has 0 saturated carbocycles. The normalized spacial score (nSPS) is 11.5. The van der Waals surface area contributed by atoms with Gasteiger partial charge in [-0.3, -0.25) is 9.59 Å². The Labute approximate surface area is 141 Å². The number of methoxy groups -OCH3 is 1. The summed E-state index contributed by atoms with van der Waals surface area (Å²) < 4.78 is 6.65. The molecule has 9 heteroatoms. The van der Waals surface area contributed by atoms with Crippen LogP contribution < -0.4 is 9.99 Å². The standard InChI is InChI=1S/C14H15ClN4O3S/c1-9(20)17-14-12(13(21)16-7-8-22-2)18-19(23-14)11-5-3-10(15)4-6-11/h3-6H,7-8H2,1-2H3,(H,16,21). The molecule has 0 radical (unpaired) electrons. The van der Waals surface area contributed by atoms with Crippen molar-refractivity contribution < 1.29 is 14.3 Å². The molecule has 2 aromatic rings. The minimum absolute atomic E-state index is 0.0938. The first-order chi connectivity index (χ1) is 11.0. The molecule has 1 heterocycles. The third kappa shape index (κ3) is 4.72. The number of rotatable bonds is 5. The van der Waals surface area contributed by atoms with E-state index in [9.17, 15) is 9.59 Å². The highest BCUT2D eigenvalue weighted by Crippen LogP contribution is 2.13. The van der Waals surface area contributed by atoms with Crippen LogP contribution in [0, 0.1) is 0 Å². The van der Waals surface area contributed by atoms with Crippen LogP contribution in [0.15, 0.2) is 29.3 Å². The second-order valence-corrected chi connectivity index (χ2v) is 5.83. The Balaban J connectivity index is 2.38. The minimum atomic E-state index is -0.411. The Bertz CT molecular complexity index is 767. The van der Waals surface area contributed by atoms with E-state index in [0.717, 1.165) is 17.2 Å². The summed E-state index contributed by atoms with van der Waals surface area (Å²) in [6, 6.07) is 6.95. The third-order valence-electron chi connectivity index (χ3n) is 2.68. The summed E-state index contributed by atoms with van der Waals surface area (Å²) in [5.41, 5.74) is 0.812. The summed E-state index contributed by atoms with van der Waals surface area (Å²) in [4.78, 5) is 27.3. The lowest BCUT2D eigenvalue weighted by Gasteiger charge is -2.01. The maximum atomic E-state index is 12.2. The molecule has 23 heavy (non-hydrogen) atoms. The Hall–Kier alpha value is -2.03. The molecule has 7 nitrogen and oxygen atoms in total. The third-order valence-corrected chi connectivity index (χ3v) is 3.85. The van der Waals surface area contributed by atoms with Crippen LogP contribution in [-0.2, 0) is 9.53 Å². The fraction of sp³-hybridized carbons (Fsp3) is 0.286. The van der Waals surface area contributed by atoms with Gasteiger partial charge in [-0.2, -0.15) is 9.06 Å². The lowest BCUT2D eigenvalue weighted by Crippen LogP contribution is -2.30. The number of ether oxygens (including phenoxy) is 1. The predicted molar refractivity (Wildman–Crippen MR) is 86.9 cm³/mol. The van der Waals surface area contributed by atoms with E-state index in [0.29, 0.717) is 18.2 Å². The van der Waals surface area contributed by atoms with Crippen LogP contribution in [0.2, 0.25) is 5.02 Å². The van der Waals surface area contributed by atoms with Crippen LogP contribution >= 0.6 is 23.1 Å². The van der Waals surface area contributed by atoms with Crippen molar-refractivity contribution in [2.45, 2.75) is 6.92 Å². The zero-order valence-electron chi connectivity index (χ0n) is 12.6. The van der Waals surface area contributed by atoms with Crippen molar-refractivity contribution >= 4 is 34.9 Å². The summed E-state index contributed by atoms with van der Waals surface area (Å²) in [5, 5.41) is 7.49. The molecule has 2 amide bonds. The van der Waals surface area contributed by atoms with Crippen molar-refractivity contribution in [1.82, 2.24) is 14.5 Å². The van der Waals surface area contributed by atoms with Gasteiger partial charge in [0, 0.05) is 25.6 Å². The van der Waals surface area contributed by atoms with E-state index in [1.807, 2.05) is 0 Å². The summed E-state index contributed by atoms with van der Waals surface area (Å²) in [5.74, 6) is -0.811. The quantitative estimate of drug-likeness (QED) is 0.823. The average molecular weight is 355 g/mol. The van der Waals surface area contributed by atoms with E-state index in [-0.39, 0.29) is 10.4 Å². The summed E-state index contributed by atoms with van der Waals surface area (Å²) in [7, 11) is 1.54. The van der Waals surface area contributed by atoms with Crippen LogP contribution in [0.3, 0.4) is 0 Å². The van der Waals surface area contributed by atoms with Crippen LogP contribution in [0.4, 0.5) is 0 Å². The summed E-state index contributed by atoms with van der Waals surface area (Å²) in [6.07, 6.45) is 0. The van der Waals surface area contributed by atoms with Crippen LogP contribution in [0.5, 0.6) is 0 Å². The van der Waals surface area contributed by atoms with Crippen molar-refractivity contribution in [2.24, 2.45) is 4.99 Å². The number of nitrogens with one attached hydrogen (secondary N) is 1. The molecule has 0 fully saturated rings. The lowest BCUT2D eigenvalue weighted by molar-refractivity contribution is -0.116. The summed E-state index contributed by atoms with van der Waals surface area (Å²) >= 11 is 6.96. The highest BCUT2D eigenvalue weighted by molar-refractivity contribution is 7.04. The molecule has 0 saturated heterocycles. The van der Waals surface area contributed by atoms with Gasteiger partial charge in [-0.15, -0.1) is 5.10 Å². The van der Waals surface area contributed by atoms with Gasteiger partial charge in [0.2, 0.25) is 5.91 Å². The van der Waals surface area contributed by atoms with E-state index in [1.54, 1.807) is 31.4 Å². The van der Waals surface area contributed by atoms with Crippen molar-refractivity contribution in [2.75, 3.05) is 20.3 Å². The van der Waals surface area contributed by atoms with Gasteiger partial charge in [-0.1, -0.05) is 11.6 Å². The van der Waals surface area contributed by atoms with E-state index in [1.165, 1.54) is 11.0 Å². The summed E-state index contributed by atoms with van der Waals surface area (Å²) in [6.45, 7) is 2.04. The molecule has 0 bridgehead atoms. The molecule has 0 aliphatic heterocycles. The predicted octanol–water partition coefficient (Wildman–Crippen LogP) is 1.41. The SMILES string of the molecule is COCCNC(=O)c1nn(-c2ccc(Cl)cc2)sc1=NC(C)=O. The molecular formula is C14H15ClN4O3S. The fourth-order valence-electron chi connectivity index (χ4n) is 1.67. The Morgan fingerprint density at radius 3 is 2.70 bits per heavy atom. The van der Waals surface area contributed by atoms with Crippen LogP contribution in [-0.4, -0.2) is 41.2 Å². The van der Waals surface area contributed by atoms with E-state index >= 15 is 0 Å². The maximum Gasteiger partial charge on any atom is 0.275 e. The molecule has 0 spiro atoms. The number of carbonyl (C=O) groups excluding carboxylic acids is 2. The average Bonchev–Trinajstić information content (AvgIpc) is 2.91. The Kier molecular flexibility index (Phi) is 6.03. The number of carbonyl (C=O) groups is 2. The Morgan fingerprint density at radius 1 is 1.39 bits per heavy atom. The van der Waals surface area contributed by atoms with E-state index < -0.39 is 11.8 Å². The maximum absolute atomic E-state index is 12.2. The van der Waals surface area contributed by atoms with Gasteiger partial charge in [0.1, 0.15) is 0 Å². The topological polar surface area (TPSA) is 85.6 Å². The molecule has 0 aliphatic rings. The van der Waals surface area contributed by atoms with Gasteiger partial charge in [0.25, 0.3) is 5.91 Å². The monoisotopic (exact) mass is 354 g/mol. The van der Waals surface area contributed by atoms with Crippen LogP contribution in [0.1, 0.15) is 17.4 Å². The molecular weight excluding hydrogens is 340 g/mol. The largest absolute Gasteiger partial charge is 0.383 e. The smallest absolute Gasteiger partial charge is 0.275 e. The number of benzene rings is 1. The minimum Gasteiger partial charge on any atom is -0.383 e. The first-order valence-corrected chi connectivity index (χ1v) is 7.85. The van der Waals surface area contributed by atoms with E-state index in [4.69, 9.17) is 16.3 Å². The molecule has 1 aromatic carbocycles. The zero-order valence-corrected chi connectivity index (χ0v) is 14.1. The first-order valence-electron chi connectivity index (χ1n) is 6.70. The zero-order chi connectivity index (χ0) is 16.8. The molecule has 1 aromatic heterocycles. The van der Waals surface area contributed by atoms with Crippen molar-refractivity contribution in [3.63, 3.8) is 0 Å². The highest BCUT2D eigenvalue weighted by atomic mass is 35.5. The molecule has 2 rings (SSSR count). The lowest BCUT2D eigenvalue weighted by atomic mass is 10.3. The number of amides is 2. The second kappa shape index (κ2) is 8.00. The molecule has 0 aliphatic carbocycles. The van der Waals surface area contributed by atoms with Gasteiger partial charge < -0.3 is 10.1 Å². The molecule has 122 valence electrons. The number of halogens is 1. The fourth-order valence-corrected chi connectivity index (χ4v) is 2.70. The molecule has 0 unspecified atom stereocenters. The van der Waals surface area contributed by atoms with Gasteiger partial charge in [-0.05, 0) is 35.8 Å². The van der Waals surface area contributed by atoms with E-state index in [2.05, 4.69) is 15.4 Å². The second-order valence-electron chi connectivity index (χ2n) is 4.47. The number of nitrogens with zero attached hydrogens (tertiary/aromatic N) is 3. The van der Waals surface area contributed by atoms with Crippen molar-refractivity contribution in [3.8, 4) is 5.69 Å². The number of aromatic nitrogens is 2. The molecule has 0 atom stereocenters. The number of hydrogen-bond acceptors (Lipinski definition) is 5.